The minimum Gasteiger partial charge on any atom is -0.494 e. The Morgan fingerprint density at radius 2 is 1.76 bits per heavy atom. The van der Waals surface area contributed by atoms with E-state index in [1.54, 1.807) is 6.07 Å². The Bertz CT molecular complexity index is 1180. The minimum absolute atomic E-state index is 0.0406. The van der Waals surface area contributed by atoms with Crippen LogP contribution in [0, 0.1) is 0 Å². The first-order chi connectivity index (χ1) is 16.0. The molecule has 33 heavy (non-hydrogen) atoms. The summed E-state index contributed by atoms with van der Waals surface area (Å²) >= 11 is 19.0. The molecule has 0 fully saturated rings. The fourth-order valence-corrected chi connectivity index (χ4v) is 4.89. The van der Waals surface area contributed by atoms with Gasteiger partial charge in [0, 0.05) is 27.6 Å². The summed E-state index contributed by atoms with van der Waals surface area (Å²) in [5.41, 5.74) is 3.91. The van der Waals surface area contributed by atoms with Crippen molar-refractivity contribution in [2.75, 3.05) is 6.61 Å². The first-order valence-electron chi connectivity index (χ1n) is 11.0. The van der Waals surface area contributed by atoms with Crippen molar-refractivity contribution in [1.82, 2.24) is 5.01 Å². The molecule has 0 saturated carbocycles. The van der Waals surface area contributed by atoms with Gasteiger partial charge >= 0.3 is 0 Å². The molecule has 0 bridgehead atoms. The van der Waals surface area contributed by atoms with E-state index in [1.165, 1.54) is 0 Å². The number of halogens is 3. The maximum absolute atomic E-state index is 6.56. The molecule has 3 aromatic rings. The first-order valence-corrected chi connectivity index (χ1v) is 12.2. The Hall–Kier alpha value is -2.40. The highest BCUT2D eigenvalue weighted by Crippen LogP contribution is 2.50. The molecule has 5 rings (SSSR count). The number of nitrogens with zero attached hydrogens (tertiary/aromatic N) is 2. The minimum atomic E-state index is -0.421. The summed E-state index contributed by atoms with van der Waals surface area (Å²) in [4.78, 5) is 0. The van der Waals surface area contributed by atoms with Crippen LogP contribution < -0.4 is 9.47 Å². The predicted molar refractivity (Wildman–Crippen MR) is 134 cm³/mol. The topological polar surface area (TPSA) is 34.1 Å². The van der Waals surface area contributed by atoms with E-state index in [1.807, 2.05) is 59.6 Å². The molecular weight excluding hydrogens is 479 g/mol. The zero-order chi connectivity index (χ0) is 22.9. The van der Waals surface area contributed by atoms with Crippen molar-refractivity contribution in [2.24, 2.45) is 5.10 Å². The Morgan fingerprint density at radius 1 is 1.00 bits per heavy atom. The lowest BCUT2D eigenvalue weighted by Crippen LogP contribution is -2.33. The lowest BCUT2D eigenvalue weighted by atomic mass is 9.96. The van der Waals surface area contributed by atoms with Crippen LogP contribution in [0.3, 0.4) is 0 Å². The standard InChI is InChI=1S/C26H23Cl3N2O2/c1-2-3-12-32-20-10-6-17(7-11-20)26-31-24(21-13-19(28)14-22(29)25(21)33-26)15-23(30-31)16-4-8-18(27)9-5-16/h4-11,13-14,24,26H,2-3,12,15H2,1H3/t24-,26+/m1/s1. The summed E-state index contributed by atoms with van der Waals surface area (Å²) in [6.45, 7) is 2.86. The second-order valence-electron chi connectivity index (χ2n) is 8.20. The highest BCUT2D eigenvalue weighted by molar-refractivity contribution is 6.35. The van der Waals surface area contributed by atoms with E-state index in [9.17, 15) is 0 Å². The average molecular weight is 502 g/mol. The van der Waals surface area contributed by atoms with Gasteiger partial charge < -0.3 is 9.47 Å². The molecule has 0 amide bonds. The highest BCUT2D eigenvalue weighted by Gasteiger charge is 2.42. The lowest BCUT2D eigenvalue weighted by Gasteiger charge is -2.38. The van der Waals surface area contributed by atoms with Gasteiger partial charge in [-0.3, -0.25) is 0 Å². The fraction of sp³-hybridized carbons (Fsp3) is 0.269. The molecule has 0 unspecified atom stereocenters. The summed E-state index contributed by atoms with van der Waals surface area (Å²) in [6, 6.07) is 19.3. The molecule has 0 saturated heterocycles. The van der Waals surface area contributed by atoms with Crippen molar-refractivity contribution < 1.29 is 9.47 Å². The molecule has 3 aromatic carbocycles. The Balaban J connectivity index is 1.51. The number of hydrazone groups is 1. The number of ether oxygens (including phenoxy) is 2. The van der Waals surface area contributed by atoms with Gasteiger partial charge in [-0.1, -0.05) is 60.3 Å². The van der Waals surface area contributed by atoms with Crippen LogP contribution in [0.15, 0.2) is 65.8 Å². The van der Waals surface area contributed by atoms with Crippen molar-refractivity contribution in [3.63, 3.8) is 0 Å². The fourth-order valence-electron chi connectivity index (χ4n) is 4.21. The molecule has 7 heteroatoms. The number of unbranched alkanes of at least 4 members (excludes halogenated alkanes) is 1. The van der Waals surface area contributed by atoms with Gasteiger partial charge in [-0.2, -0.15) is 5.10 Å². The van der Waals surface area contributed by atoms with Crippen LogP contribution in [-0.4, -0.2) is 17.3 Å². The van der Waals surface area contributed by atoms with Crippen LogP contribution >= 0.6 is 34.8 Å². The zero-order valence-electron chi connectivity index (χ0n) is 18.1. The third-order valence-electron chi connectivity index (χ3n) is 5.92. The second-order valence-corrected chi connectivity index (χ2v) is 9.48. The summed E-state index contributed by atoms with van der Waals surface area (Å²) in [7, 11) is 0. The van der Waals surface area contributed by atoms with Gasteiger partial charge in [-0.05, 0) is 60.5 Å². The van der Waals surface area contributed by atoms with E-state index in [0.29, 0.717) is 33.8 Å². The van der Waals surface area contributed by atoms with Crippen molar-refractivity contribution >= 4 is 40.5 Å². The predicted octanol–water partition coefficient (Wildman–Crippen LogP) is 8.07. The number of hydrogen-bond donors (Lipinski definition) is 0. The number of hydrogen-bond acceptors (Lipinski definition) is 4. The van der Waals surface area contributed by atoms with E-state index in [0.717, 1.165) is 41.0 Å². The molecule has 0 N–H and O–H groups in total. The van der Waals surface area contributed by atoms with Gasteiger partial charge in [0.25, 0.3) is 0 Å². The van der Waals surface area contributed by atoms with Crippen LogP contribution in [0.5, 0.6) is 11.5 Å². The molecule has 0 spiro atoms. The quantitative estimate of drug-likeness (QED) is 0.320. The van der Waals surface area contributed by atoms with Crippen molar-refractivity contribution in [2.45, 2.75) is 38.5 Å². The van der Waals surface area contributed by atoms with Gasteiger partial charge in [0.15, 0.2) is 0 Å². The van der Waals surface area contributed by atoms with E-state index in [2.05, 4.69) is 6.92 Å². The number of benzene rings is 3. The summed E-state index contributed by atoms with van der Waals surface area (Å²) < 4.78 is 12.2. The molecule has 0 aliphatic carbocycles. The van der Waals surface area contributed by atoms with E-state index < -0.39 is 6.23 Å². The Morgan fingerprint density at radius 3 is 2.48 bits per heavy atom. The van der Waals surface area contributed by atoms with Crippen molar-refractivity contribution in [3.8, 4) is 11.5 Å². The maximum atomic E-state index is 6.56. The van der Waals surface area contributed by atoms with Gasteiger partial charge in [0.1, 0.15) is 11.5 Å². The largest absolute Gasteiger partial charge is 0.494 e. The molecular formula is C26H23Cl3N2O2. The van der Waals surface area contributed by atoms with E-state index in [-0.39, 0.29) is 6.04 Å². The monoisotopic (exact) mass is 500 g/mol. The first kappa shape index (κ1) is 22.4. The van der Waals surface area contributed by atoms with Crippen LogP contribution in [0.4, 0.5) is 0 Å². The SMILES string of the molecule is CCCCOc1ccc([C@@H]2Oc3c(Cl)cc(Cl)cc3[C@H]3CC(c4ccc(Cl)cc4)=NN32)cc1. The summed E-state index contributed by atoms with van der Waals surface area (Å²) in [6.07, 6.45) is 2.42. The number of fused-ring (bicyclic) bond motifs is 3. The van der Waals surface area contributed by atoms with Crippen LogP contribution in [-0.2, 0) is 0 Å². The lowest BCUT2D eigenvalue weighted by molar-refractivity contribution is -0.0189. The van der Waals surface area contributed by atoms with Crippen LogP contribution in [0.2, 0.25) is 15.1 Å². The molecule has 4 nitrogen and oxygen atoms in total. The molecule has 2 aliphatic heterocycles. The molecule has 2 atom stereocenters. The summed E-state index contributed by atoms with van der Waals surface area (Å²) in [5.74, 6) is 1.50. The highest BCUT2D eigenvalue weighted by atomic mass is 35.5. The van der Waals surface area contributed by atoms with Crippen molar-refractivity contribution in [1.29, 1.82) is 0 Å². The maximum Gasteiger partial charge on any atom is 0.213 e. The van der Waals surface area contributed by atoms with Crippen LogP contribution in [0.25, 0.3) is 0 Å². The van der Waals surface area contributed by atoms with Gasteiger partial charge in [-0.15, -0.1) is 0 Å². The second kappa shape index (κ2) is 9.46. The summed E-state index contributed by atoms with van der Waals surface area (Å²) in [5, 5.41) is 8.75. The average Bonchev–Trinajstić information content (AvgIpc) is 3.26. The van der Waals surface area contributed by atoms with E-state index in [4.69, 9.17) is 49.4 Å². The molecule has 0 radical (unpaired) electrons. The Labute approximate surface area is 208 Å². The molecule has 0 aromatic heterocycles. The van der Waals surface area contributed by atoms with E-state index >= 15 is 0 Å². The number of rotatable bonds is 6. The third kappa shape index (κ3) is 4.52. The van der Waals surface area contributed by atoms with Crippen LogP contribution in [0.1, 0.15) is 55.1 Å². The van der Waals surface area contributed by atoms with Crippen molar-refractivity contribution in [3.05, 3.63) is 92.4 Å². The Kier molecular flexibility index (Phi) is 6.42. The molecule has 170 valence electrons. The van der Waals surface area contributed by atoms with Gasteiger partial charge in [0.2, 0.25) is 6.23 Å². The van der Waals surface area contributed by atoms with Gasteiger partial charge in [-0.25, -0.2) is 5.01 Å². The smallest absolute Gasteiger partial charge is 0.213 e. The third-order valence-corrected chi connectivity index (χ3v) is 6.67. The zero-order valence-corrected chi connectivity index (χ0v) is 20.4. The molecule has 2 heterocycles. The van der Waals surface area contributed by atoms with Gasteiger partial charge in [0.05, 0.1) is 23.4 Å². The molecule has 2 aliphatic rings. The normalized spacial score (nSPS) is 18.9.